The van der Waals surface area contributed by atoms with Gasteiger partial charge in [0, 0.05) is 19.3 Å². The van der Waals surface area contributed by atoms with Gasteiger partial charge in [-0.25, -0.2) is 0 Å². The highest BCUT2D eigenvalue weighted by Crippen LogP contribution is 2.71. The Morgan fingerprint density at radius 2 is 1.70 bits per heavy atom. The van der Waals surface area contributed by atoms with Gasteiger partial charge in [0.2, 0.25) is 0 Å². The molecular weight excluding hydrogens is 412 g/mol. The fourth-order valence-corrected chi connectivity index (χ4v) is 10.6. The monoisotopic (exact) mass is 458 g/mol. The molecule has 0 aromatic carbocycles. The van der Waals surface area contributed by atoms with Crippen LogP contribution in [0.15, 0.2) is 0 Å². The van der Waals surface area contributed by atoms with Gasteiger partial charge in [-0.2, -0.15) is 0 Å². The topological polar surface area (TPSA) is 44.8 Å². The molecule has 6 rings (SSSR count). The van der Waals surface area contributed by atoms with E-state index in [4.69, 9.17) is 14.2 Å². The Morgan fingerprint density at radius 1 is 0.909 bits per heavy atom. The van der Waals surface area contributed by atoms with Crippen LogP contribution >= 0.6 is 0 Å². The smallest absolute Gasteiger partial charge is 0.302 e. The first-order chi connectivity index (χ1) is 15.7. The first kappa shape index (κ1) is 22.8. The second-order valence-electron chi connectivity index (χ2n) is 13.7. The van der Waals surface area contributed by atoms with Gasteiger partial charge in [-0.05, 0) is 104 Å². The summed E-state index contributed by atoms with van der Waals surface area (Å²) >= 11 is 0. The summed E-state index contributed by atoms with van der Waals surface area (Å²) in [6.07, 6.45) is 12.9. The van der Waals surface area contributed by atoms with Gasteiger partial charge in [0.15, 0.2) is 5.79 Å². The molecule has 2 saturated heterocycles. The Morgan fingerprint density at radius 3 is 2.42 bits per heavy atom. The number of ether oxygens (including phenoxy) is 3. The van der Waals surface area contributed by atoms with Crippen LogP contribution in [0.5, 0.6) is 0 Å². The lowest BCUT2D eigenvalue weighted by Crippen LogP contribution is -2.55. The van der Waals surface area contributed by atoms with Crippen molar-refractivity contribution in [2.75, 3.05) is 6.61 Å². The van der Waals surface area contributed by atoms with Gasteiger partial charge in [0.25, 0.3) is 0 Å². The van der Waals surface area contributed by atoms with Crippen LogP contribution in [0.3, 0.4) is 0 Å². The molecule has 2 aliphatic heterocycles. The predicted octanol–water partition coefficient (Wildman–Crippen LogP) is 6.36. The molecule has 0 amide bonds. The lowest BCUT2D eigenvalue weighted by atomic mass is 9.44. The van der Waals surface area contributed by atoms with E-state index in [0.717, 1.165) is 49.5 Å². The summed E-state index contributed by atoms with van der Waals surface area (Å²) in [6, 6.07) is 0. The standard InChI is InChI=1S/C29H46O4/c1-17-8-13-29(31-16-17)18(2)26-25(33-29)15-24-22-7-6-20-14-21(32-19(3)30)9-11-27(20,4)23(22)10-12-28(24,26)5/h17-18,20-26H,6-16H2,1-5H3/t17?,18-,20?,21?,22?,23?,24?,25?,26?,27?,28?,29+/m1/s1. The summed E-state index contributed by atoms with van der Waals surface area (Å²) < 4.78 is 19.1. The van der Waals surface area contributed by atoms with Crippen LogP contribution in [-0.4, -0.2) is 30.6 Å². The highest BCUT2D eigenvalue weighted by atomic mass is 16.7. The van der Waals surface area contributed by atoms with Gasteiger partial charge in [0.05, 0.1) is 12.7 Å². The van der Waals surface area contributed by atoms with Gasteiger partial charge >= 0.3 is 5.97 Å². The van der Waals surface area contributed by atoms with Gasteiger partial charge < -0.3 is 14.2 Å². The molecule has 10 unspecified atom stereocenters. The van der Waals surface area contributed by atoms with E-state index in [9.17, 15) is 4.79 Å². The molecule has 6 fully saturated rings. The molecule has 4 nitrogen and oxygen atoms in total. The summed E-state index contributed by atoms with van der Waals surface area (Å²) in [6.45, 7) is 12.4. The minimum absolute atomic E-state index is 0.105. The van der Waals surface area contributed by atoms with Gasteiger partial charge in [-0.1, -0.05) is 27.7 Å². The van der Waals surface area contributed by atoms with Gasteiger partial charge in [0.1, 0.15) is 6.10 Å². The largest absolute Gasteiger partial charge is 0.463 e. The second kappa shape index (κ2) is 7.69. The molecule has 4 heteroatoms. The third kappa shape index (κ3) is 3.25. The minimum atomic E-state index is -0.300. The number of carbonyl (C=O) groups is 1. The number of esters is 1. The summed E-state index contributed by atoms with van der Waals surface area (Å²) in [7, 11) is 0. The maximum Gasteiger partial charge on any atom is 0.302 e. The Balaban J connectivity index is 1.21. The molecular formula is C29H46O4. The summed E-state index contributed by atoms with van der Waals surface area (Å²) in [5.74, 6) is 4.63. The maximum absolute atomic E-state index is 11.5. The average Bonchev–Trinajstić information content (AvgIpc) is 3.21. The zero-order chi connectivity index (χ0) is 23.2. The van der Waals surface area contributed by atoms with Crippen molar-refractivity contribution in [3.63, 3.8) is 0 Å². The molecule has 0 radical (unpaired) electrons. The zero-order valence-electron chi connectivity index (χ0n) is 21.6. The molecule has 2 heterocycles. The van der Waals surface area contributed by atoms with E-state index < -0.39 is 0 Å². The van der Waals surface area contributed by atoms with Crippen molar-refractivity contribution in [2.45, 2.75) is 117 Å². The fourth-order valence-electron chi connectivity index (χ4n) is 10.6. The number of rotatable bonds is 1. The Hall–Kier alpha value is -0.610. The number of hydrogen-bond acceptors (Lipinski definition) is 4. The average molecular weight is 459 g/mol. The predicted molar refractivity (Wildman–Crippen MR) is 127 cm³/mol. The Kier molecular flexibility index (Phi) is 5.32. The molecule has 1 spiro atoms. The molecule has 4 saturated carbocycles. The molecule has 0 aromatic heterocycles. The lowest BCUT2D eigenvalue weighted by Gasteiger charge is -2.61. The van der Waals surface area contributed by atoms with E-state index in [1.807, 2.05) is 0 Å². The van der Waals surface area contributed by atoms with Crippen LogP contribution in [-0.2, 0) is 19.0 Å². The van der Waals surface area contributed by atoms with E-state index in [0.29, 0.717) is 34.7 Å². The van der Waals surface area contributed by atoms with Crippen molar-refractivity contribution in [3.8, 4) is 0 Å². The summed E-state index contributed by atoms with van der Waals surface area (Å²) in [5.41, 5.74) is 0.828. The van der Waals surface area contributed by atoms with Crippen LogP contribution < -0.4 is 0 Å². The molecule has 4 aliphatic carbocycles. The second-order valence-corrected chi connectivity index (χ2v) is 13.7. The minimum Gasteiger partial charge on any atom is -0.463 e. The molecule has 6 aliphatic rings. The van der Waals surface area contributed by atoms with Crippen LogP contribution in [0.2, 0.25) is 0 Å². The highest BCUT2D eigenvalue weighted by molar-refractivity contribution is 5.66. The first-order valence-corrected chi connectivity index (χ1v) is 14.2. The van der Waals surface area contributed by atoms with Crippen LogP contribution in [0.4, 0.5) is 0 Å². The Labute approximate surface area is 200 Å². The summed E-state index contributed by atoms with van der Waals surface area (Å²) in [5, 5.41) is 0. The Bertz CT molecular complexity index is 786. The molecule has 186 valence electrons. The normalized spacial score (nSPS) is 57.7. The van der Waals surface area contributed by atoms with Crippen molar-refractivity contribution in [3.05, 3.63) is 0 Å². The zero-order valence-corrected chi connectivity index (χ0v) is 21.6. The maximum atomic E-state index is 11.5. The lowest BCUT2D eigenvalue weighted by molar-refractivity contribution is -0.273. The third-order valence-corrected chi connectivity index (χ3v) is 12.2. The van der Waals surface area contributed by atoms with Crippen LogP contribution in [0.1, 0.15) is 98.8 Å². The van der Waals surface area contributed by atoms with E-state index >= 15 is 0 Å². The number of hydrogen-bond donors (Lipinski definition) is 0. The first-order valence-electron chi connectivity index (χ1n) is 14.2. The van der Waals surface area contributed by atoms with Crippen molar-refractivity contribution < 1.29 is 19.0 Å². The van der Waals surface area contributed by atoms with Crippen molar-refractivity contribution in [2.24, 2.45) is 52.3 Å². The van der Waals surface area contributed by atoms with E-state index in [1.54, 1.807) is 6.92 Å². The quantitative estimate of drug-likeness (QED) is 0.429. The van der Waals surface area contributed by atoms with Crippen molar-refractivity contribution >= 4 is 5.97 Å². The SMILES string of the molecule is CC(=O)OC1CCC2(C)C(CCC3C2CCC2(C)C3CC3O[C@@]4(CCC(C)CO4)[C@H](C)C32)C1. The van der Waals surface area contributed by atoms with Crippen molar-refractivity contribution in [1.82, 2.24) is 0 Å². The molecule has 12 atom stereocenters. The molecule has 0 aromatic rings. The van der Waals surface area contributed by atoms with E-state index in [-0.39, 0.29) is 17.9 Å². The van der Waals surface area contributed by atoms with Crippen LogP contribution in [0, 0.1) is 52.3 Å². The molecule has 0 bridgehead atoms. The molecule has 0 N–H and O–H groups in total. The van der Waals surface area contributed by atoms with Gasteiger partial charge in [-0.3, -0.25) is 4.79 Å². The van der Waals surface area contributed by atoms with Crippen molar-refractivity contribution in [1.29, 1.82) is 0 Å². The third-order valence-electron chi connectivity index (χ3n) is 12.2. The fraction of sp³-hybridized carbons (Fsp3) is 0.966. The van der Waals surface area contributed by atoms with E-state index in [1.165, 1.54) is 44.9 Å². The van der Waals surface area contributed by atoms with Gasteiger partial charge in [-0.15, -0.1) is 0 Å². The number of carbonyl (C=O) groups excluding carboxylic acids is 1. The van der Waals surface area contributed by atoms with Crippen LogP contribution in [0.25, 0.3) is 0 Å². The molecule has 33 heavy (non-hydrogen) atoms. The van der Waals surface area contributed by atoms with E-state index in [2.05, 4.69) is 27.7 Å². The summed E-state index contributed by atoms with van der Waals surface area (Å²) in [4.78, 5) is 11.5. The highest BCUT2D eigenvalue weighted by Gasteiger charge is 2.69. The number of fused-ring (bicyclic) bond motifs is 7.